The van der Waals surface area contributed by atoms with E-state index in [9.17, 15) is 0 Å². The van der Waals surface area contributed by atoms with Crippen molar-refractivity contribution in [3.05, 3.63) is 18.5 Å². The first kappa shape index (κ1) is 8.28. The molecule has 0 aliphatic heterocycles. The molecule has 2 aromatic heterocycles. The predicted molar refractivity (Wildman–Crippen MR) is 59.4 cm³/mol. The summed E-state index contributed by atoms with van der Waals surface area (Å²) in [4.78, 5) is 8.65. The Bertz CT molecular complexity index is 661. The van der Waals surface area contributed by atoms with E-state index in [-0.39, 0.29) is 0 Å². The summed E-state index contributed by atoms with van der Waals surface area (Å²) < 4.78 is 3.84. The van der Waals surface area contributed by atoms with E-state index in [1.54, 1.807) is 6.33 Å². The first-order chi connectivity index (χ1) is 7.18. The Kier molecular flexibility index (Phi) is 1.38. The molecule has 5 heteroatoms. The number of fused-ring (bicyclic) bond motifs is 3. The summed E-state index contributed by atoms with van der Waals surface area (Å²) in [6.45, 7) is 0. The second-order valence-electron chi connectivity index (χ2n) is 3.69. The minimum absolute atomic E-state index is 0.517. The van der Waals surface area contributed by atoms with Crippen LogP contribution < -0.4 is 5.73 Å². The maximum absolute atomic E-state index is 5.77. The van der Waals surface area contributed by atoms with Gasteiger partial charge in [-0.25, -0.2) is 9.97 Å². The van der Waals surface area contributed by atoms with Crippen LogP contribution in [0.1, 0.15) is 0 Å². The zero-order chi connectivity index (χ0) is 10.6. The molecule has 3 aromatic rings. The Labute approximate surface area is 86.1 Å². The van der Waals surface area contributed by atoms with E-state index in [2.05, 4.69) is 9.97 Å². The van der Waals surface area contributed by atoms with Gasteiger partial charge in [0.2, 0.25) is 5.95 Å². The maximum atomic E-state index is 5.77. The van der Waals surface area contributed by atoms with Crippen LogP contribution in [0.25, 0.3) is 22.1 Å². The summed E-state index contributed by atoms with van der Waals surface area (Å²) in [5.74, 6) is 0.517. The minimum Gasteiger partial charge on any atom is -0.369 e. The van der Waals surface area contributed by atoms with E-state index in [4.69, 9.17) is 5.73 Å². The average molecular weight is 201 g/mol. The van der Waals surface area contributed by atoms with Crippen molar-refractivity contribution in [2.75, 3.05) is 5.73 Å². The molecular formula is C10H11N5. The molecule has 0 fully saturated rings. The largest absolute Gasteiger partial charge is 0.369 e. The molecule has 0 spiro atoms. The van der Waals surface area contributed by atoms with Crippen molar-refractivity contribution in [2.24, 2.45) is 14.1 Å². The molecule has 0 amide bonds. The smallest absolute Gasteiger partial charge is 0.201 e. The number of nitrogens with two attached hydrogens (primary N) is 1. The molecule has 0 saturated carbocycles. The lowest BCUT2D eigenvalue weighted by molar-refractivity contribution is 0.947. The molecule has 2 N–H and O–H groups in total. The van der Waals surface area contributed by atoms with Gasteiger partial charge in [-0.15, -0.1) is 0 Å². The van der Waals surface area contributed by atoms with Crippen LogP contribution in [0.15, 0.2) is 18.5 Å². The molecule has 0 bridgehead atoms. The standard InChI is InChI=1S/C10H11N5/c1-14-5-12-8-6(14)3-4-7-9(8)13-10(11)15(7)2/h3-5H,1-2H3,(H2,11,13). The van der Waals surface area contributed by atoms with Gasteiger partial charge in [-0.2, -0.15) is 0 Å². The number of aromatic nitrogens is 4. The summed E-state index contributed by atoms with van der Waals surface area (Å²) in [6, 6.07) is 4.05. The number of benzene rings is 1. The Morgan fingerprint density at radius 3 is 2.67 bits per heavy atom. The molecule has 3 rings (SSSR count). The number of rotatable bonds is 0. The topological polar surface area (TPSA) is 61.7 Å². The van der Waals surface area contributed by atoms with E-state index in [0.717, 1.165) is 22.1 Å². The Morgan fingerprint density at radius 1 is 1.13 bits per heavy atom. The minimum atomic E-state index is 0.517. The molecule has 15 heavy (non-hydrogen) atoms. The fraction of sp³-hybridized carbons (Fsp3) is 0.200. The molecular weight excluding hydrogens is 190 g/mol. The molecule has 0 aliphatic rings. The van der Waals surface area contributed by atoms with Gasteiger partial charge in [0.1, 0.15) is 11.0 Å². The lowest BCUT2D eigenvalue weighted by Gasteiger charge is -1.96. The van der Waals surface area contributed by atoms with Gasteiger partial charge in [0, 0.05) is 14.1 Å². The zero-order valence-electron chi connectivity index (χ0n) is 8.60. The lowest BCUT2D eigenvalue weighted by Crippen LogP contribution is -1.95. The maximum Gasteiger partial charge on any atom is 0.201 e. The van der Waals surface area contributed by atoms with Gasteiger partial charge in [-0.05, 0) is 12.1 Å². The predicted octanol–water partition coefficient (Wildman–Crippen LogP) is 1.04. The fourth-order valence-corrected chi connectivity index (χ4v) is 1.87. The summed E-state index contributed by atoms with van der Waals surface area (Å²) >= 11 is 0. The molecule has 0 radical (unpaired) electrons. The molecule has 0 aliphatic carbocycles. The lowest BCUT2D eigenvalue weighted by atomic mass is 10.2. The van der Waals surface area contributed by atoms with Crippen molar-refractivity contribution in [1.82, 2.24) is 19.1 Å². The third kappa shape index (κ3) is 0.918. The van der Waals surface area contributed by atoms with E-state index in [0.29, 0.717) is 5.95 Å². The summed E-state index contributed by atoms with van der Waals surface area (Å²) in [5, 5.41) is 0. The Balaban J connectivity index is 2.60. The molecule has 0 atom stereocenters. The summed E-state index contributed by atoms with van der Waals surface area (Å²) in [6.07, 6.45) is 1.79. The highest BCUT2D eigenvalue weighted by atomic mass is 15.1. The monoisotopic (exact) mass is 201 g/mol. The van der Waals surface area contributed by atoms with Gasteiger partial charge in [0.15, 0.2) is 0 Å². The Hall–Kier alpha value is -2.04. The van der Waals surface area contributed by atoms with Gasteiger partial charge in [-0.3, -0.25) is 0 Å². The van der Waals surface area contributed by atoms with E-state index in [1.165, 1.54) is 0 Å². The van der Waals surface area contributed by atoms with Crippen LogP contribution in [0.5, 0.6) is 0 Å². The normalized spacial score (nSPS) is 11.6. The number of nitrogen functional groups attached to an aromatic ring is 1. The molecule has 5 nitrogen and oxygen atoms in total. The van der Waals surface area contributed by atoms with Crippen LogP contribution in [0.2, 0.25) is 0 Å². The molecule has 1 aromatic carbocycles. The van der Waals surface area contributed by atoms with Crippen LogP contribution in [-0.4, -0.2) is 19.1 Å². The van der Waals surface area contributed by atoms with Crippen LogP contribution in [-0.2, 0) is 14.1 Å². The van der Waals surface area contributed by atoms with Crippen LogP contribution in [0.4, 0.5) is 5.95 Å². The highest BCUT2D eigenvalue weighted by molar-refractivity contribution is 6.01. The number of aryl methyl sites for hydroxylation is 2. The quantitative estimate of drug-likeness (QED) is 0.591. The Morgan fingerprint density at radius 2 is 1.87 bits per heavy atom. The van der Waals surface area contributed by atoms with Gasteiger partial charge in [0.05, 0.1) is 17.4 Å². The van der Waals surface area contributed by atoms with E-state index in [1.807, 2.05) is 35.4 Å². The highest BCUT2D eigenvalue weighted by Crippen LogP contribution is 2.24. The van der Waals surface area contributed by atoms with Crippen molar-refractivity contribution in [3.8, 4) is 0 Å². The van der Waals surface area contributed by atoms with Crippen LogP contribution in [0.3, 0.4) is 0 Å². The summed E-state index contributed by atoms with van der Waals surface area (Å²) in [7, 11) is 3.87. The van der Waals surface area contributed by atoms with Gasteiger partial charge >= 0.3 is 0 Å². The average Bonchev–Trinajstić information content (AvgIpc) is 2.72. The number of nitrogens with zero attached hydrogens (tertiary/aromatic N) is 4. The van der Waals surface area contributed by atoms with Gasteiger partial charge < -0.3 is 14.9 Å². The number of anilines is 1. The van der Waals surface area contributed by atoms with Crippen molar-refractivity contribution in [1.29, 1.82) is 0 Å². The van der Waals surface area contributed by atoms with Crippen molar-refractivity contribution in [2.45, 2.75) is 0 Å². The molecule has 76 valence electrons. The van der Waals surface area contributed by atoms with Crippen molar-refractivity contribution >= 4 is 28.0 Å². The van der Waals surface area contributed by atoms with Crippen LogP contribution in [0, 0.1) is 0 Å². The second kappa shape index (κ2) is 2.50. The molecule has 2 heterocycles. The van der Waals surface area contributed by atoms with Gasteiger partial charge in [-0.1, -0.05) is 0 Å². The first-order valence-corrected chi connectivity index (χ1v) is 4.70. The fourth-order valence-electron chi connectivity index (χ4n) is 1.87. The van der Waals surface area contributed by atoms with Crippen molar-refractivity contribution < 1.29 is 0 Å². The summed E-state index contributed by atoms with van der Waals surface area (Å²) in [5.41, 5.74) is 9.62. The van der Waals surface area contributed by atoms with Crippen LogP contribution >= 0.6 is 0 Å². The number of hydrogen-bond donors (Lipinski definition) is 1. The molecule has 0 unspecified atom stereocenters. The third-order valence-corrected chi connectivity index (χ3v) is 2.78. The number of hydrogen-bond acceptors (Lipinski definition) is 3. The number of imidazole rings is 2. The first-order valence-electron chi connectivity index (χ1n) is 4.70. The van der Waals surface area contributed by atoms with E-state index >= 15 is 0 Å². The highest BCUT2D eigenvalue weighted by Gasteiger charge is 2.10. The zero-order valence-corrected chi connectivity index (χ0v) is 8.60. The third-order valence-electron chi connectivity index (χ3n) is 2.78. The van der Waals surface area contributed by atoms with E-state index < -0.39 is 0 Å². The van der Waals surface area contributed by atoms with Crippen molar-refractivity contribution in [3.63, 3.8) is 0 Å². The second-order valence-corrected chi connectivity index (χ2v) is 3.69. The molecule has 0 saturated heterocycles. The SMILES string of the molecule is Cn1cnc2c3nc(N)n(C)c3ccc21. The van der Waals surface area contributed by atoms with Gasteiger partial charge in [0.25, 0.3) is 0 Å².